The fraction of sp³-hybridized carbons (Fsp3) is 0.625. The Morgan fingerprint density at radius 1 is 1.15 bits per heavy atom. The number of benzene rings is 1. The molecule has 1 aromatic rings. The van der Waals surface area contributed by atoms with Crippen molar-refractivity contribution >= 4 is 9.84 Å². The van der Waals surface area contributed by atoms with E-state index in [9.17, 15) is 8.42 Å². The molecule has 1 fully saturated rings. The summed E-state index contributed by atoms with van der Waals surface area (Å²) >= 11 is 0. The van der Waals surface area contributed by atoms with Crippen molar-refractivity contribution < 1.29 is 8.42 Å². The van der Waals surface area contributed by atoms with Crippen LogP contribution in [0.5, 0.6) is 0 Å². The van der Waals surface area contributed by atoms with Crippen molar-refractivity contribution in [1.82, 2.24) is 5.32 Å². The van der Waals surface area contributed by atoms with Gasteiger partial charge in [-0.25, -0.2) is 8.42 Å². The molecule has 0 aromatic heterocycles. The number of hydrogen-bond acceptors (Lipinski definition) is 3. The molecule has 0 aliphatic heterocycles. The molecule has 0 spiro atoms. The number of sulfone groups is 1. The van der Waals surface area contributed by atoms with Gasteiger partial charge < -0.3 is 5.32 Å². The van der Waals surface area contributed by atoms with E-state index in [0.717, 1.165) is 18.0 Å². The first kappa shape index (κ1) is 15.5. The van der Waals surface area contributed by atoms with Gasteiger partial charge in [-0.15, -0.1) is 0 Å². The minimum absolute atomic E-state index is 0.394. The SMILES string of the molecule is CCC1CCCCC1NCc1ccc(S(C)(=O)=O)cc1. The number of rotatable bonds is 5. The molecule has 1 aliphatic carbocycles. The molecule has 0 radical (unpaired) electrons. The summed E-state index contributed by atoms with van der Waals surface area (Å²) in [6.07, 6.45) is 7.76. The minimum Gasteiger partial charge on any atom is -0.310 e. The molecule has 20 heavy (non-hydrogen) atoms. The topological polar surface area (TPSA) is 46.2 Å². The fourth-order valence-corrected chi connectivity index (χ4v) is 3.70. The Labute approximate surface area is 122 Å². The zero-order valence-corrected chi connectivity index (χ0v) is 13.2. The average Bonchev–Trinajstić information content (AvgIpc) is 2.45. The Kier molecular flexibility index (Phi) is 5.22. The third-order valence-corrected chi connectivity index (χ3v) is 5.48. The fourth-order valence-electron chi connectivity index (χ4n) is 3.07. The van der Waals surface area contributed by atoms with Crippen LogP contribution in [0.25, 0.3) is 0 Å². The Balaban J connectivity index is 1.93. The first-order valence-electron chi connectivity index (χ1n) is 7.53. The van der Waals surface area contributed by atoms with E-state index in [4.69, 9.17) is 0 Å². The largest absolute Gasteiger partial charge is 0.310 e. The van der Waals surface area contributed by atoms with Crippen molar-refractivity contribution in [3.63, 3.8) is 0 Å². The molecule has 112 valence electrons. The summed E-state index contributed by atoms with van der Waals surface area (Å²) in [7, 11) is -3.09. The molecule has 0 bridgehead atoms. The van der Waals surface area contributed by atoms with E-state index in [0.29, 0.717) is 10.9 Å². The van der Waals surface area contributed by atoms with Crippen LogP contribution in [0.15, 0.2) is 29.2 Å². The summed E-state index contributed by atoms with van der Waals surface area (Å²) in [4.78, 5) is 0.394. The first-order chi connectivity index (χ1) is 9.50. The monoisotopic (exact) mass is 295 g/mol. The Morgan fingerprint density at radius 3 is 2.40 bits per heavy atom. The van der Waals surface area contributed by atoms with Crippen molar-refractivity contribution in [3.8, 4) is 0 Å². The molecule has 0 amide bonds. The lowest BCUT2D eigenvalue weighted by Gasteiger charge is -2.31. The van der Waals surface area contributed by atoms with E-state index in [1.165, 1.54) is 38.4 Å². The lowest BCUT2D eigenvalue weighted by molar-refractivity contribution is 0.254. The lowest BCUT2D eigenvalue weighted by atomic mass is 9.83. The quantitative estimate of drug-likeness (QED) is 0.907. The van der Waals surface area contributed by atoms with Crippen molar-refractivity contribution in [2.75, 3.05) is 6.26 Å². The molecule has 4 heteroatoms. The van der Waals surface area contributed by atoms with Crippen LogP contribution in [-0.4, -0.2) is 20.7 Å². The Bertz CT molecular complexity index is 522. The van der Waals surface area contributed by atoms with E-state index in [2.05, 4.69) is 12.2 Å². The summed E-state index contributed by atoms with van der Waals surface area (Å²) in [5.41, 5.74) is 1.15. The van der Waals surface area contributed by atoms with Crippen LogP contribution in [0.3, 0.4) is 0 Å². The van der Waals surface area contributed by atoms with Crippen LogP contribution in [0.2, 0.25) is 0 Å². The van der Waals surface area contributed by atoms with E-state index < -0.39 is 9.84 Å². The normalized spacial score (nSPS) is 23.7. The molecular weight excluding hydrogens is 270 g/mol. The van der Waals surface area contributed by atoms with Gasteiger partial charge in [-0.05, 0) is 36.5 Å². The van der Waals surface area contributed by atoms with E-state index in [1.54, 1.807) is 12.1 Å². The minimum atomic E-state index is -3.09. The van der Waals surface area contributed by atoms with E-state index in [-0.39, 0.29) is 0 Å². The highest BCUT2D eigenvalue weighted by Gasteiger charge is 2.22. The smallest absolute Gasteiger partial charge is 0.175 e. The molecule has 2 unspecified atom stereocenters. The second-order valence-corrected chi connectivity index (χ2v) is 7.87. The molecule has 2 atom stereocenters. The van der Waals surface area contributed by atoms with Crippen molar-refractivity contribution in [3.05, 3.63) is 29.8 Å². The number of nitrogens with one attached hydrogen (secondary N) is 1. The zero-order chi connectivity index (χ0) is 14.6. The lowest BCUT2D eigenvalue weighted by Crippen LogP contribution is -2.37. The van der Waals surface area contributed by atoms with E-state index >= 15 is 0 Å². The predicted octanol–water partition coefficient (Wildman–Crippen LogP) is 3.15. The van der Waals surface area contributed by atoms with Gasteiger partial charge in [0.2, 0.25) is 0 Å². The molecule has 0 heterocycles. The first-order valence-corrected chi connectivity index (χ1v) is 9.42. The van der Waals surface area contributed by atoms with Crippen molar-refractivity contribution in [1.29, 1.82) is 0 Å². The summed E-state index contributed by atoms with van der Waals surface area (Å²) < 4.78 is 22.8. The maximum Gasteiger partial charge on any atom is 0.175 e. The second-order valence-electron chi connectivity index (χ2n) is 5.86. The Morgan fingerprint density at radius 2 is 1.80 bits per heavy atom. The van der Waals surface area contributed by atoms with Gasteiger partial charge in [-0.2, -0.15) is 0 Å². The molecule has 1 N–H and O–H groups in total. The van der Waals surface area contributed by atoms with Crippen LogP contribution in [0, 0.1) is 5.92 Å². The van der Waals surface area contributed by atoms with Crippen molar-refractivity contribution in [2.45, 2.75) is 56.5 Å². The average molecular weight is 295 g/mol. The van der Waals surface area contributed by atoms with Gasteiger partial charge in [0, 0.05) is 18.8 Å². The number of hydrogen-bond donors (Lipinski definition) is 1. The standard InChI is InChI=1S/C16H25NO2S/c1-3-14-6-4-5-7-16(14)17-12-13-8-10-15(11-9-13)20(2,18)19/h8-11,14,16-17H,3-7,12H2,1-2H3. The molecule has 0 saturated heterocycles. The van der Waals surface area contributed by atoms with Crippen LogP contribution >= 0.6 is 0 Å². The van der Waals surface area contributed by atoms with Gasteiger partial charge in [0.25, 0.3) is 0 Å². The maximum atomic E-state index is 11.4. The van der Waals surface area contributed by atoms with Gasteiger partial charge in [0.05, 0.1) is 4.90 Å². The summed E-state index contributed by atoms with van der Waals surface area (Å²) in [5, 5.41) is 3.65. The molecule has 1 aromatic carbocycles. The third kappa shape index (κ3) is 4.06. The second kappa shape index (κ2) is 6.72. The molecule has 2 rings (SSSR count). The summed E-state index contributed by atoms with van der Waals surface area (Å²) in [5.74, 6) is 0.791. The maximum absolute atomic E-state index is 11.4. The van der Waals surface area contributed by atoms with Gasteiger partial charge in [0.1, 0.15) is 0 Å². The van der Waals surface area contributed by atoms with Crippen LogP contribution < -0.4 is 5.32 Å². The highest BCUT2D eigenvalue weighted by atomic mass is 32.2. The van der Waals surface area contributed by atoms with Crippen LogP contribution in [-0.2, 0) is 16.4 Å². The third-order valence-electron chi connectivity index (χ3n) is 4.35. The van der Waals surface area contributed by atoms with Gasteiger partial charge in [0.15, 0.2) is 9.84 Å². The predicted molar refractivity (Wildman–Crippen MR) is 82.4 cm³/mol. The van der Waals surface area contributed by atoms with E-state index in [1.807, 2.05) is 12.1 Å². The summed E-state index contributed by atoms with van der Waals surface area (Å²) in [6, 6.07) is 7.83. The van der Waals surface area contributed by atoms with Crippen molar-refractivity contribution in [2.24, 2.45) is 5.92 Å². The summed E-state index contributed by atoms with van der Waals surface area (Å²) in [6.45, 7) is 3.09. The van der Waals surface area contributed by atoms with Crippen LogP contribution in [0.4, 0.5) is 0 Å². The van der Waals surface area contributed by atoms with Crippen LogP contribution in [0.1, 0.15) is 44.6 Å². The highest BCUT2D eigenvalue weighted by Crippen LogP contribution is 2.27. The zero-order valence-electron chi connectivity index (χ0n) is 12.4. The van der Waals surface area contributed by atoms with Gasteiger partial charge in [-0.1, -0.05) is 38.3 Å². The molecule has 3 nitrogen and oxygen atoms in total. The Hall–Kier alpha value is -0.870. The highest BCUT2D eigenvalue weighted by molar-refractivity contribution is 7.90. The van der Waals surface area contributed by atoms with Gasteiger partial charge in [-0.3, -0.25) is 0 Å². The van der Waals surface area contributed by atoms with Gasteiger partial charge >= 0.3 is 0 Å². The molecular formula is C16H25NO2S. The molecule has 1 aliphatic rings. The molecule has 1 saturated carbocycles.